The van der Waals surface area contributed by atoms with Gasteiger partial charge < -0.3 is 20.1 Å². The van der Waals surface area contributed by atoms with E-state index in [1.54, 1.807) is 38.3 Å². The molecule has 0 saturated heterocycles. The van der Waals surface area contributed by atoms with Crippen molar-refractivity contribution in [3.63, 3.8) is 0 Å². The zero-order valence-corrected chi connectivity index (χ0v) is 16.5. The van der Waals surface area contributed by atoms with Gasteiger partial charge in [0.25, 0.3) is 5.69 Å². The molecule has 0 saturated carbocycles. The summed E-state index contributed by atoms with van der Waals surface area (Å²) in [6, 6.07) is 19.7. The summed E-state index contributed by atoms with van der Waals surface area (Å²) in [5.74, 6) is 1.61. The normalized spacial score (nSPS) is 11.3. The molecule has 0 radical (unpaired) electrons. The average Bonchev–Trinajstić information content (AvgIpc) is 2.75. The summed E-state index contributed by atoms with van der Waals surface area (Å²) in [5.41, 5.74) is 1.20. The second-order valence-corrected chi connectivity index (χ2v) is 6.44. The number of carbonyl (C=O) groups is 1. The predicted molar refractivity (Wildman–Crippen MR) is 114 cm³/mol. The highest BCUT2D eigenvalue weighted by Gasteiger charge is 2.14. The van der Waals surface area contributed by atoms with Gasteiger partial charge in [-0.15, -0.1) is 0 Å². The van der Waals surface area contributed by atoms with Crippen molar-refractivity contribution >= 4 is 23.0 Å². The van der Waals surface area contributed by atoms with E-state index in [1.807, 2.05) is 24.3 Å². The molecule has 0 aliphatic rings. The first-order chi connectivity index (χ1) is 14.5. The van der Waals surface area contributed by atoms with Crippen LogP contribution in [-0.4, -0.2) is 24.0 Å². The van der Waals surface area contributed by atoms with Crippen molar-refractivity contribution in [2.75, 3.05) is 17.7 Å². The van der Waals surface area contributed by atoms with Crippen molar-refractivity contribution in [2.45, 2.75) is 13.0 Å². The van der Waals surface area contributed by atoms with Crippen LogP contribution in [0.15, 0.2) is 72.8 Å². The predicted octanol–water partition coefficient (Wildman–Crippen LogP) is 4.83. The molecule has 1 amide bonds. The number of methoxy groups -OCH3 is 1. The van der Waals surface area contributed by atoms with Crippen LogP contribution in [0.1, 0.15) is 6.92 Å². The number of nitro groups is 1. The van der Waals surface area contributed by atoms with Gasteiger partial charge in [-0.05, 0) is 55.5 Å². The highest BCUT2D eigenvalue weighted by atomic mass is 16.6. The smallest absolute Gasteiger partial charge is 0.269 e. The van der Waals surface area contributed by atoms with Gasteiger partial charge in [-0.2, -0.15) is 0 Å². The molecule has 3 aromatic rings. The van der Waals surface area contributed by atoms with Crippen LogP contribution >= 0.6 is 0 Å². The van der Waals surface area contributed by atoms with E-state index >= 15 is 0 Å². The van der Waals surface area contributed by atoms with Crippen molar-refractivity contribution in [1.29, 1.82) is 0 Å². The second-order valence-electron chi connectivity index (χ2n) is 6.44. The number of ether oxygens (including phenoxy) is 2. The minimum absolute atomic E-state index is 0.0328. The van der Waals surface area contributed by atoms with Crippen molar-refractivity contribution in [2.24, 2.45) is 0 Å². The van der Waals surface area contributed by atoms with Crippen molar-refractivity contribution in [3.05, 3.63) is 82.9 Å². The van der Waals surface area contributed by atoms with Gasteiger partial charge in [0.2, 0.25) is 5.91 Å². The lowest BCUT2D eigenvalue weighted by Crippen LogP contribution is -2.31. The lowest BCUT2D eigenvalue weighted by molar-refractivity contribution is -0.384. The molecule has 0 spiro atoms. The van der Waals surface area contributed by atoms with Crippen LogP contribution in [-0.2, 0) is 4.79 Å². The fraction of sp³-hybridized carbons (Fsp3) is 0.136. The van der Waals surface area contributed by atoms with Gasteiger partial charge >= 0.3 is 0 Å². The number of nitro benzene ring substituents is 1. The van der Waals surface area contributed by atoms with E-state index in [4.69, 9.17) is 9.47 Å². The molecule has 154 valence electrons. The van der Waals surface area contributed by atoms with E-state index < -0.39 is 11.0 Å². The van der Waals surface area contributed by atoms with E-state index in [1.165, 1.54) is 24.3 Å². The molecule has 1 atom stereocenters. The van der Waals surface area contributed by atoms with Crippen LogP contribution in [0.3, 0.4) is 0 Å². The van der Waals surface area contributed by atoms with Crippen molar-refractivity contribution < 1.29 is 19.2 Å². The van der Waals surface area contributed by atoms with Crippen LogP contribution in [0, 0.1) is 10.1 Å². The Labute approximate surface area is 173 Å². The largest absolute Gasteiger partial charge is 0.493 e. The fourth-order valence-electron chi connectivity index (χ4n) is 2.68. The molecule has 2 N–H and O–H groups in total. The standard InChI is InChI=1S/C22H21N3O5/c1-15(22(26)24-17-7-11-18(12-8-17)25(27)28)23-16-9-13-19(14-10-16)30-21-6-4-3-5-20(21)29-2/h3-15,23H,1-2H3,(H,24,26). The molecule has 8 heteroatoms. The first-order valence-corrected chi connectivity index (χ1v) is 9.19. The first-order valence-electron chi connectivity index (χ1n) is 9.19. The molecule has 0 bridgehead atoms. The van der Waals surface area contributed by atoms with Gasteiger partial charge in [-0.3, -0.25) is 14.9 Å². The summed E-state index contributed by atoms with van der Waals surface area (Å²) in [5, 5.41) is 16.5. The van der Waals surface area contributed by atoms with Crippen LogP contribution in [0.25, 0.3) is 0 Å². The lowest BCUT2D eigenvalue weighted by atomic mass is 10.2. The molecular formula is C22H21N3O5. The zero-order valence-electron chi connectivity index (χ0n) is 16.5. The Morgan fingerprint density at radius 3 is 2.13 bits per heavy atom. The SMILES string of the molecule is COc1ccccc1Oc1ccc(NC(C)C(=O)Nc2ccc([N+](=O)[O-])cc2)cc1. The number of para-hydroxylation sites is 2. The van der Waals surface area contributed by atoms with Gasteiger partial charge in [0, 0.05) is 23.5 Å². The number of nitrogens with zero attached hydrogens (tertiary/aromatic N) is 1. The summed E-state index contributed by atoms with van der Waals surface area (Å²) in [4.78, 5) is 22.6. The van der Waals surface area contributed by atoms with Gasteiger partial charge in [0.1, 0.15) is 11.8 Å². The number of non-ortho nitro benzene ring substituents is 1. The van der Waals surface area contributed by atoms with Crippen LogP contribution in [0.2, 0.25) is 0 Å². The molecule has 0 aliphatic carbocycles. The molecule has 0 aromatic heterocycles. The minimum Gasteiger partial charge on any atom is -0.493 e. The number of nitrogens with one attached hydrogen (secondary N) is 2. The molecule has 3 rings (SSSR count). The zero-order chi connectivity index (χ0) is 21.5. The third kappa shape index (κ3) is 5.26. The van der Waals surface area contributed by atoms with E-state index in [0.29, 0.717) is 22.9 Å². The molecule has 0 fully saturated rings. The highest BCUT2D eigenvalue weighted by molar-refractivity contribution is 5.96. The maximum absolute atomic E-state index is 12.4. The maximum atomic E-state index is 12.4. The third-order valence-corrected chi connectivity index (χ3v) is 4.27. The minimum atomic E-state index is -0.527. The van der Waals surface area contributed by atoms with Crippen molar-refractivity contribution in [1.82, 2.24) is 0 Å². The molecule has 3 aromatic carbocycles. The topological polar surface area (TPSA) is 103 Å². The Morgan fingerprint density at radius 2 is 1.53 bits per heavy atom. The molecule has 0 aliphatic heterocycles. The lowest BCUT2D eigenvalue weighted by Gasteiger charge is -2.16. The number of hydrogen-bond donors (Lipinski definition) is 2. The van der Waals surface area contributed by atoms with Gasteiger partial charge in [0.05, 0.1) is 12.0 Å². The average molecular weight is 407 g/mol. The number of amides is 1. The monoisotopic (exact) mass is 407 g/mol. The van der Waals surface area contributed by atoms with Gasteiger partial charge in [-0.1, -0.05) is 12.1 Å². The van der Waals surface area contributed by atoms with Crippen molar-refractivity contribution in [3.8, 4) is 17.2 Å². The molecule has 30 heavy (non-hydrogen) atoms. The van der Waals surface area contributed by atoms with E-state index in [-0.39, 0.29) is 11.6 Å². The summed E-state index contributed by atoms with van der Waals surface area (Å²) in [6.45, 7) is 1.72. The molecule has 1 unspecified atom stereocenters. The van der Waals surface area contributed by atoms with E-state index in [0.717, 1.165) is 5.69 Å². The number of hydrogen-bond acceptors (Lipinski definition) is 6. The Balaban J connectivity index is 1.57. The van der Waals surface area contributed by atoms with E-state index in [9.17, 15) is 14.9 Å². The summed E-state index contributed by atoms with van der Waals surface area (Å²) < 4.78 is 11.1. The maximum Gasteiger partial charge on any atom is 0.269 e. The fourth-order valence-corrected chi connectivity index (χ4v) is 2.68. The van der Waals surface area contributed by atoms with Gasteiger partial charge in [0.15, 0.2) is 11.5 Å². The van der Waals surface area contributed by atoms with Crippen LogP contribution < -0.4 is 20.1 Å². The Hall–Kier alpha value is -4.07. The number of rotatable bonds is 8. The summed E-state index contributed by atoms with van der Waals surface area (Å²) in [7, 11) is 1.58. The summed E-state index contributed by atoms with van der Waals surface area (Å²) >= 11 is 0. The number of benzene rings is 3. The summed E-state index contributed by atoms with van der Waals surface area (Å²) in [6.07, 6.45) is 0. The van der Waals surface area contributed by atoms with Gasteiger partial charge in [-0.25, -0.2) is 0 Å². The molecular weight excluding hydrogens is 386 g/mol. The molecule has 0 heterocycles. The first kappa shape index (κ1) is 20.7. The number of carbonyl (C=O) groups excluding carboxylic acids is 1. The van der Waals surface area contributed by atoms with E-state index in [2.05, 4.69) is 10.6 Å². The van der Waals surface area contributed by atoms with Crippen LogP contribution in [0.5, 0.6) is 17.2 Å². The Morgan fingerprint density at radius 1 is 0.933 bits per heavy atom. The Kier molecular flexibility index (Phi) is 6.49. The quantitative estimate of drug-likeness (QED) is 0.409. The highest BCUT2D eigenvalue weighted by Crippen LogP contribution is 2.31. The third-order valence-electron chi connectivity index (χ3n) is 4.27. The Bertz CT molecular complexity index is 1020. The van der Waals surface area contributed by atoms with Crippen LogP contribution in [0.4, 0.5) is 17.1 Å². The molecule has 8 nitrogen and oxygen atoms in total. The second kappa shape index (κ2) is 9.42. The number of anilines is 2.